The molecule has 0 aliphatic heterocycles. The second-order valence-electron chi connectivity index (χ2n) is 5.69. The molecule has 0 unspecified atom stereocenters. The van der Waals surface area contributed by atoms with Gasteiger partial charge in [-0.25, -0.2) is 14.8 Å². The van der Waals surface area contributed by atoms with Gasteiger partial charge in [-0.3, -0.25) is 0 Å². The third kappa shape index (κ3) is 2.67. The number of rotatable bonds is 2. The molecule has 4 rings (SSSR count). The molecular weight excluding hydrogens is 304 g/mol. The van der Waals surface area contributed by atoms with Gasteiger partial charge in [0, 0.05) is 11.4 Å². The maximum atomic E-state index is 12.2. The summed E-state index contributed by atoms with van der Waals surface area (Å²) in [7, 11) is 0. The van der Waals surface area contributed by atoms with Crippen molar-refractivity contribution in [1.29, 1.82) is 0 Å². The van der Waals surface area contributed by atoms with E-state index in [2.05, 4.69) is 30.6 Å². The van der Waals surface area contributed by atoms with Crippen molar-refractivity contribution in [2.45, 2.75) is 13.8 Å². The third-order valence-electron chi connectivity index (χ3n) is 3.72. The van der Waals surface area contributed by atoms with E-state index in [1.54, 1.807) is 0 Å². The summed E-state index contributed by atoms with van der Waals surface area (Å²) >= 11 is 0. The standard InChI is InChI=1S/C17H16N6O/c1-9-18-13-5-3-11(7-15(13)20-9)22-17(24)23-12-4-6-14-16(8-12)21-10(2)19-14/h3-8H,1-2H3,(H,18,20)(H,19,21)(H2,22,23,24). The van der Waals surface area contributed by atoms with Crippen LogP contribution in [0.3, 0.4) is 0 Å². The Labute approximate surface area is 137 Å². The summed E-state index contributed by atoms with van der Waals surface area (Å²) in [6.07, 6.45) is 0. The highest BCUT2D eigenvalue weighted by atomic mass is 16.2. The average molecular weight is 320 g/mol. The molecule has 0 bridgehead atoms. The number of hydrogen-bond donors (Lipinski definition) is 4. The lowest BCUT2D eigenvalue weighted by Crippen LogP contribution is -2.19. The lowest BCUT2D eigenvalue weighted by Gasteiger charge is -2.07. The number of hydrogen-bond acceptors (Lipinski definition) is 3. The van der Waals surface area contributed by atoms with E-state index in [0.29, 0.717) is 11.4 Å². The Morgan fingerprint density at radius 3 is 1.75 bits per heavy atom. The molecule has 0 fully saturated rings. The molecule has 2 aromatic heterocycles. The van der Waals surface area contributed by atoms with Crippen LogP contribution in [0.5, 0.6) is 0 Å². The number of H-pyrrole nitrogens is 2. The van der Waals surface area contributed by atoms with E-state index < -0.39 is 0 Å². The van der Waals surface area contributed by atoms with Crippen molar-refractivity contribution >= 4 is 39.5 Å². The Morgan fingerprint density at radius 2 is 1.29 bits per heavy atom. The zero-order chi connectivity index (χ0) is 16.7. The fourth-order valence-corrected chi connectivity index (χ4v) is 2.72. The number of carbonyl (C=O) groups is 1. The minimum Gasteiger partial charge on any atom is -0.342 e. The fraction of sp³-hybridized carbons (Fsp3) is 0.118. The zero-order valence-corrected chi connectivity index (χ0v) is 13.3. The third-order valence-corrected chi connectivity index (χ3v) is 3.72. The molecule has 4 aromatic rings. The summed E-state index contributed by atoms with van der Waals surface area (Å²) in [6, 6.07) is 10.8. The van der Waals surface area contributed by atoms with Crippen LogP contribution in [0.25, 0.3) is 22.1 Å². The highest BCUT2D eigenvalue weighted by molar-refractivity contribution is 6.01. The molecule has 2 amide bonds. The van der Waals surface area contributed by atoms with Crippen LogP contribution < -0.4 is 10.6 Å². The Balaban J connectivity index is 1.51. The van der Waals surface area contributed by atoms with Crippen molar-refractivity contribution in [1.82, 2.24) is 19.9 Å². The van der Waals surface area contributed by atoms with Gasteiger partial charge in [0.2, 0.25) is 0 Å². The summed E-state index contributed by atoms with van der Waals surface area (Å²) in [4.78, 5) is 27.2. The molecule has 2 aromatic carbocycles. The van der Waals surface area contributed by atoms with Crippen LogP contribution >= 0.6 is 0 Å². The van der Waals surface area contributed by atoms with Gasteiger partial charge >= 0.3 is 6.03 Å². The topological polar surface area (TPSA) is 98.5 Å². The molecule has 120 valence electrons. The van der Waals surface area contributed by atoms with Gasteiger partial charge in [-0.1, -0.05) is 0 Å². The number of fused-ring (bicyclic) bond motifs is 2. The molecule has 0 aliphatic rings. The number of carbonyl (C=O) groups excluding carboxylic acids is 1. The maximum absolute atomic E-state index is 12.2. The highest BCUT2D eigenvalue weighted by Crippen LogP contribution is 2.19. The number of imidazole rings is 2. The first-order valence-electron chi connectivity index (χ1n) is 7.57. The quantitative estimate of drug-likeness (QED) is 0.453. The lowest BCUT2D eigenvalue weighted by atomic mass is 10.2. The molecule has 0 saturated carbocycles. The number of nitrogens with zero attached hydrogens (tertiary/aromatic N) is 2. The van der Waals surface area contributed by atoms with Crippen LogP contribution in [0.4, 0.5) is 16.2 Å². The van der Waals surface area contributed by atoms with Gasteiger partial charge < -0.3 is 20.6 Å². The second-order valence-corrected chi connectivity index (χ2v) is 5.69. The van der Waals surface area contributed by atoms with Crippen LogP contribution in [-0.2, 0) is 0 Å². The first kappa shape index (κ1) is 14.3. The van der Waals surface area contributed by atoms with Gasteiger partial charge in [0.05, 0.1) is 22.1 Å². The number of aromatic nitrogens is 4. The zero-order valence-electron chi connectivity index (χ0n) is 13.3. The smallest absolute Gasteiger partial charge is 0.323 e. The number of anilines is 2. The number of benzene rings is 2. The van der Waals surface area contributed by atoms with Crippen molar-refractivity contribution in [2.75, 3.05) is 10.6 Å². The first-order valence-corrected chi connectivity index (χ1v) is 7.57. The van der Waals surface area contributed by atoms with Crippen LogP contribution in [-0.4, -0.2) is 26.0 Å². The first-order chi connectivity index (χ1) is 11.6. The van der Waals surface area contributed by atoms with Crippen LogP contribution in [0.2, 0.25) is 0 Å². The van der Waals surface area contributed by atoms with E-state index in [4.69, 9.17) is 0 Å². The fourth-order valence-electron chi connectivity index (χ4n) is 2.72. The maximum Gasteiger partial charge on any atom is 0.323 e. The highest BCUT2D eigenvalue weighted by Gasteiger charge is 2.07. The molecule has 7 heteroatoms. The molecule has 0 atom stereocenters. The van der Waals surface area contributed by atoms with Crippen molar-refractivity contribution in [3.8, 4) is 0 Å². The van der Waals surface area contributed by atoms with E-state index in [-0.39, 0.29) is 6.03 Å². The van der Waals surface area contributed by atoms with Gasteiger partial charge in [0.1, 0.15) is 11.6 Å². The molecule has 4 N–H and O–H groups in total. The monoisotopic (exact) mass is 320 g/mol. The summed E-state index contributed by atoms with van der Waals surface area (Å²) in [5, 5.41) is 5.64. The normalized spacial score (nSPS) is 11.1. The predicted molar refractivity (Wildman–Crippen MR) is 94.3 cm³/mol. The van der Waals surface area contributed by atoms with Crippen molar-refractivity contribution in [2.24, 2.45) is 0 Å². The van der Waals surface area contributed by atoms with Gasteiger partial charge in [-0.15, -0.1) is 0 Å². The molecule has 7 nitrogen and oxygen atoms in total. The molecule has 0 radical (unpaired) electrons. The molecular formula is C17H16N6O. The van der Waals surface area contributed by atoms with E-state index in [0.717, 1.165) is 33.7 Å². The van der Waals surface area contributed by atoms with E-state index in [1.165, 1.54) is 0 Å². The van der Waals surface area contributed by atoms with Crippen molar-refractivity contribution < 1.29 is 4.79 Å². The van der Waals surface area contributed by atoms with E-state index in [1.807, 2.05) is 50.2 Å². The number of aromatic amines is 2. The lowest BCUT2D eigenvalue weighted by molar-refractivity contribution is 0.262. The second kappa shape index (κ2) is 5.38. The SMILES string of the molecule is Cc1nc2ccc(NC(=O)Nc3ccc4nc(C)[nH]c4c3)cc2[nH]1. The summed E-state index contributed by atoms with van der Waals surface area (Å²) in [5.74, 6) is 1.68. The van der Waals surface area contributed by atoms with E-state index >= 15 is 0 Å². The molecule has 24 heavy (non-hydrogen) atoms. The van der Waals surface area contributed by atoms with E-state index in [9.17, 15) is 4.79 Å². The predicted octanol–water partition coefficient (Wildman–Crippen LogP) is 3.70. The van der Waals surface area contributed by atoms with Crippen LogP contribution in [0.1, 0.15) is 11.6 Å². The molecule has 2 heterocycles. The Kier molecular flexibility index (Phi) is 3.19. The van der Waals surface area contributed by atoms with Crippen molar-refractivity contribution in [3.05, 3.63) is 48.0 Å². The largest absolute Gasteiger partial charge is 0.342 e. The minimum atomic E-state index is -0.304. The van der Waals surface area contributed by atoms with Crippen LogP contribution in [0, 0.1) is 13.8 Å². The summed E-state index contributed by atoms with van der Waals surface area (Å²) < 4.78 is 0. The Bertz CT molecular complexity index is 978. The molecule has 0 saturated heterocycles. The minimum absolute atomic E-state index is 0.304. The number of amides is 2. The van der Waals surface area contributed by atoms with Crippen molar-refractivity contribution in [3.63, 3.8) is 0 Å². The van der Waals surface area contributed by atoms with Crippen LogP contribution in [0.15, 0.2) is 36.4 Å². The average Bonchev–Trinajstić information content (AvgIpc) is 3.06. The number of urea groups is 1. The van der Waals surface area contributed by atoms with Gasteiger partial charge in [-0.2, -0.15) is 0 Å². The summed E-state index contributed by atoms with van der Waals surface area (Å²) in [6.45, 7) is 3.79. The number of nitrogens with one attached hydrogen (secondary N) is 4. The number of aryl methyl sites for hydroxylation is 2. The van der Waals surface area contributed by atoms with Gasteiger partial charge in [-0.05, 0) is 50.2 Å². The van der Waals surface area contributed by atoms with Gasteiger partial charge in [0.15, 0.2) is 0 Å². The van der Waals surface area contributed by atoms with Gasteiger partial charge in [0.25, 0.3) is 0 Å². The molecule has 0 aliphatic carbocycles. The Hall–Kier alpha value is -3.35. The Morgan fingerprint density at radius 1 is 0.833 bits per heavy atom. The summed E-state index contributed by atoms with van der Waals surface area (Å²) in [5.41, 5.74) is 4.92. The molecule has 0 spiro atoms.